The molecule has 1 heterocycles. The van der Waals surface area contributed by atoms with Gasteiger partial charge in [0.2, 0.25) is 0 Å². The molecule has 1 spiro atoms. The van der Waals surface area contributed by atoms with E-state index in [0.29, 0.717) is 11.6 Å². The van der Waals surface area contributed by atoms with E-state index in [9.17, 15) is 0 Å². The number of hydrogen-bond donors (Lipinski definition) is 2. The molecule has 0 amide bonds. The Kier molecular flexibility index (Phi) is 3.17. The Morgan fingerprint density at radius 3 is 2.41 bits per heavy atom. The highest BCUT2D eigenvalue weighted by Gasteiger charge is 2.35. The zero-order chi connectivity index (χ0) is 11.6. The fraction of sp³-hybridized carbons (Fsp3) is 0.600. The third-order valence-corrected chi connectivity index (χ3v) is 4.38. The largest absolute Gasteiger partial charge is 0.308 e. The summed E-state index contributed by atoms with van der Waals surface area (Å²) in [5.41, 5.74) is 1.81. The molecule has 2 fully saturated rings. The smallest absolute Gasteiger partial charge is 0.0447 e. The van der Waals surface area contributed by atoms with E-state index < -0.39 is 0 Å². The van der Waals surface area contributed by atoms with Gasteiger partial charge in [0.25, 0.3) is 0 Å². The molecule has 1 aliphatic carbocycles. The van der Waals surface area contributed by atoms with Crippen molar-refractivity contribution < 1.29 is 0 Å². The van der Waals surface area contributed by atoms with Crippen molar-refractivity contribution in [2.75, 3.05) is 13.1 Å². The van der Waals surface area contributed by atoms with Gasteiger partial charge in [0.1, 0.15) is 0 Å². The summed E-state index contributed by atoms with van der Waals surface area (Å²) in [6.07, 6.45) is 6.91. The number of nitrogens with one attached hydrogen (secondary N) is 2. The zero-order valence-corrected chi connectivity index (χ0v) is 10.4. The van der Waals surface area contributed by atoms with Gasteiger partial charge in [0, 0.05) is 24.7 Å². The lowest BCUT2D eigenvalue weighted by molar-refractivity contribution is 0.176. The quantitative estimate of drug-likeness (QED) is 0.775. The van der Waals surface area contributed by atoms with Crippen LogP contribution in [-0.4, -0.2) is 18.6 Å². The number of hydrogen-bond acceptors (Lipinski definition) is 2. The molecule has 1 aromatic carbocycles. The average Bonchev–Trinajstić information content (AvgIpc) is 2.42. The van der Waals surface area contributed by atoms with Gasteiger partial charge in [0.15, 0.2) is 0 Å². The molecular formula is C15H22N2. The van der Waals surface area contributed by atoms with Crippen LogP contribution in [0.3, 0.4) is 0 Å². The van der Waals surface area contributed by atoms with Gasteiger partial charge < -0.3 is 10.6 Å². The molecule has 1 saturated carbocycles. The van der Waals surface area contributed by atoms with Crippen LogP contribution < -0.4 is 10.6 Å². The minimum absolute atomic E-state index is 0.406. The van der Waals surface area contributed by atoms with Crippen LogP contribution in [0.2, 0.25) is 0 Å². The first-order valence-corrected chi connectivity index (χ1v) is 6.91. The Bertz CT molecular complexity index is 344. The highest BCUT2D eigenvalue weighted by molar-refractivity contribution is 5.20. The summed E-state index contributed by atoms with van der Waals surface area (Å²) >= 11 is 0. The minimum Gasteiger partial charge on any atom is -0.308 e. The van der Waals surface area contributed by atoms with E-state index in [0.717, 1.165) is 13.1 Å². The van der Waals surface area contributed by atoms with Gasteiger partial charge in [-0.2, -0.15) is 0 Å². The van der Waals surface area contributed by atoms with Crippen molar-refractivity contribution >= 4 is 0 Å². The van der Waals surface area contributed by atoms with Gasteiger partial charge >= 0.3 is 0 Å². The normalized spacial score (nSPS) is 28.1. The molecule has 1 saturated heterocycles. The molecule has 0 radical (unpaired) electrons. The highest BCUT2D eigenvalue weighted by Crippen LogP contribution is 2.31. The zero-order valence-electron chi connectivity index (χ0n) is 10.4. The van der Waals surface area contributed by atoms with E-state index in [1.165, 1.54) is 37.7 Å². The molecule has 17 heavy (non-hydrogen) atoms. The molecule has 1 atom stereocenters. The second-order valence-electron chi connectivity index (χ2n) is 5.57. The summed E-state index contributed by atoms with van der Waals surface area (Å²) in [6.45, 7) is 2.20. The van der Waals surface area contributed by atoms with Crippen LogP contribution in [0.1, 0.15) is 43.7 Å². The second-order valence-corrected chi connectivity index (χ2v) is 5.57. The van der Waals surface area contributed by atoms with Gasteiger partial charge in [-0.15, -0.1) is 0 Å². The molecular weight excluding hydrogens is 208 g/mol. The molecule has 2 aliphatic rings. The molecule has 1 aliphatic heterocycles. The summed E-state index contributed by atoms with van der Waals surface area (Å²) in [7, 11) is 0. The third kappa shape index (κ3) is 2.38. The van der Waals surface area contributed by atoms with Crippen LogP contribution in [0.5, 0.6) is 0 Å². The number of benzene rings is 1. The van der Waals surface area contributed by atoms with E-state index in [1.54, 1.807) is 0 Å². The molecule has 2 N–H and O–H groups in total. The molecule has 0 aromatic heterocycles. The van der Waals surface area contributed by atoms with Gasteiger partial charge in [-0.3, -0.25) is 0 Å². The lowest BCUT2D eigenvalue weighted by Gasteiger charge is -2.44. The van der Waals surface area contributed by atoms with Crippen LogP contribution in [0.25, 0.3) is 0 Å². The fourth-order valence-electron chi connectivity index (χ4n) is 3.27. The van der Waals surface area contributed by atoms with Crippen LogP contribution in [0, 0.1) is 0 Å². The van der Waals surface area contributed by atoms with E-state index in [4.69, 9.17) is 0 Å². The van der Waals surface area contributed by atoms with Crippen molar-refractivity contribution in [3.05, 3.63) is 35.9 Å². The molecule has 92 valence electrons. The van der Waals surface area contributed by atoms with E-state index in [2.05, 4.69) is 41.0 Å². The Morgan fingerprint density at radius 2 is 1.76 bits per heavy atom. The first-order valence-electron chi connectivity index (χ1n) is 6.91. The average molecular weight is 230 g/mol. The van der Waals surface area contributed by atoms with Crippen LogP contribution in [-0.2, 0) is 0 Å². The lowest BCUT2D eigenvalue weighted by atomic mass is 9.79. The van der Waals surface area contributed by atoms with Crippen molar-refractivity contribution in [1.29, 1.82) is 0 Å². The summed E-state index contributed by atoms with van der Waals surface area (Å²) in [4.78, 5) is 0. The summed E-state index contributed by atoms with van der Waals surface area (Å²) < 4.78 is 0. The monoisotopic (exact) mass is 230 g/mol. The second kappa shape index (κ2) is 4.79. The van der Waals surface area contributed by atoms with Crippen molar-refractivity contribution in [2.24, 2.45) is 0 Å². The first-order chi connectivity index (χ1) is 8.38. The molecule has 2 heteroatoms. The maximum Gasteiger partial charge on any atom is 0.0447 e. The molecule has 1 aromatic rings. The minimum atomic E-state index is 0.406. The van der Waals surface area contributed by atoms with Crippen LogP contribution in [0.4, 0.5) is 0 Å². The van der Waals surface area contributed by atoms with Crippen molar-refractivity contribution in [3.63, 3.8) is 0 Å². The van der Waals surface area contributed by atoms with E-state index in [1.807, 2.05) is 0 Å². The Morgan fingerprint density at radius 1 is 1.00 bits per heavy atom. The Labute approximate surface area is 104 Å². The van der Waals surface area contributed by atoms with Crippen molar-refractivity contribution in [3.8, 4) is 0 Å². The number of piperazine rings is 1. The molecule has 1 unspecified atom stereocenters. The van der Waals surface area contributed by atoms with Gasteiger partial charge in [0.05, 0.1) is 0 Å². The van der Waals surface area contributed by atoms with Gasteiger partial charge in [-0.05, 0) is 18.4 Å². The predicted molar refractivity (Wildman–Crippen MR) is 71.0 cm³/mol. The van der Waals surface area contributed by atoms with Crippen molar-refractivity contribution in [2.45, 2.75) is 43.7 Å². The van der Waals surface area contributed by atoms with Gasteiger partial charge in [-0.1, -0.05) is 49.6 Å². The summed E-state index contributed by atoms with van der Waals surface area (Å²) in [6, 6.07) is 11.3. The van der Waals surface area contributed by atoms with E-state index in [-0.39, 0.29) is 0 Å². The Hall–Kier alpha value is -0.860. The highest BCUT2D eigenvalue weighted by atomic mass is 15.1. The Balaban J connectivity index is 1.64. The summed E-state index contributed by atoms with van der Waals surface area (Å²) in [5, 5.41) is 7.55. The first kappa shape index (κ1) is 11.2. The molecule has 2 nitrogen and oxygen atoms in total. The molecule has 3 rings (SSSR count). The SMILES string of the molecule is c1ccc(C2CNC3(CCCCC3)CN2)cc1. The van der Waals surface area contributed by atoms with E-state index >= 15 is 0 Å². The third-order valence-electron chi connectivity index (χ3n) is 4.38. The lowest BCUT2D eigenvalue weighted by Crippen LogP contribution is -2.60. The summed E-state index contributed by atoms with van der Waals surface area (Å²) in [5.74, 6) is 0. The standard InChI is InChI=1S/C15H22N2/c1-3-7-13(8-4-1)14-11-17-15(12-16-14)9-5-2-6-10-15/h1,3-4,7-8,14,16-17H,2,5-6,9-12H2. The van der Waals surface area contributed by atoms with Gasteiger partial charge in [-0.25, -0.2) is 0 Å². The maximum absolute atomic E-state index is 3.82. The van der Waals surface area contributed by atoms with Crippen molar-refractivity contribution in [1.82, 2.24) is 10.6 Å². The number of rotatable bonds is 1. The topological polar surface area (TPSA) is 24.1 Å². The molecule has 0 bridgehead atoms. The predicted octanol–water partition coefficient (Wildman–Crippen LogP) is 2.62. The fourth-order valence-corrected chi connectivity index (χ4v) is 3.27. The van der Waals surface area contributed by atoms with Crippen LogP contribution in [0.15, 0.2) is 30.3 Å². The van der Waals surface area contributed by atoms with Crippen LogP contribution >= 0.6 is 0 Å². The maximum atomic E-state index is 3.82.